The van der Waals surface area contributed by atoms with Crippen molar-refractivity contribution < 1.29 is 27.4 Å². The van der Waals surface area contributed by atoms with E-state index in [1.165, 1.54) is 13.8 Å². The van der Waals surface area contributed by atoms with E-state index in [9.17, 15) is 18.0 Å². The van der Waals surface area contributed by atoms with Crippen molar-refractivity contribution >= 4 is 11.7 Å². The lowest BCUT2D eigenvalue weighted by atomic mass is 10.1. The molecule has 1 heterocycles. The Labute approximate surface area is 138 Å². The highest BCUT2D eigenvalue weighted by atomic mass is 19.4. The first kappa shape index (κ1) is 18.5. The van der Waals surface area contributed by atoms with E-state index in [2.05, 4.69) is 5.32 Å². The van der Waals surface area contributed by atoms with Gasteiger partial charge >= 0.3 is 12.2 Å². The van der Waals surface area contributed by atoms with Crippen LogP contribution in [0.15, 0.2) is 24.3 Å². The first-order chi connectivity index (χ1) is 11.1. The van der Waals surface area contributed by atoms with Crippen molar-refractivity contribution in [2.24, 2.45) is 0 Å². The van der Waals surface area contributed by atoms with Crippen molar-refractivity contribution in [3.05, 3.63) is 29.8 Å². The van der Waals surface area contributed by atoms with Crippen LogP contribution in [0.1, 0.15) is 19.4 Å². The molecule has 1 aliphatic rings. The zero-order valence-corrected chi connectivity index (χ0v) is 13.8. The maximum atomic E-state index is 13.0. The van der Waals surface area contributed by atoms with E-state index >= 15 is 0 Å². The van der Waals surface area contributed by atoms with Gasteiger partial charge in [0.2, 0.25) is 0 Å². The van der Waals surface area contributed by atoms with Crippen LogP contribution in [0.3, 0.4) is 0 Å². The monoisotopic (exact) mass is 346 g/mol. The molecule has 1 fully saturated rings. The summed E-state index contributed by atoms with van der Waals surface area (Å²) in [5, 5.41) is 2.63. The van der Waals surface area contributed by atoms with Gasteiger partial charge in [0, 0.05) is 12.8 Å². The molecule has 134 valence electrons. The van der Waals surface area contributed by atoms with E-state index in [1.54, 1.807) is 25.3 Å². The number of benzene rings is 1. The predicted molar refractivity (Wildman–Crippen MR) is 82.8 cm³/mol. The predicted octanol–water partition coefficient (Wildman–Crippen LogP) is 3.41. The first-order valence-corrected chi connectivity index (χ1v) is 7.49. The molecule has 0 radical (unpaired) electrons. The summed E-state index contributed by atoms with van der Waals surface area (Å²) in [4.78, 5) is 13.5. The number of urea groups is 1. The van der Waals surface area contributed by atoms with Crippen LogP contribution in [0.2, 0.25) is 0 Å². The number of methoxy groups -OCH3 is 1. The van der Waals surface area contributed by atoms with Crippen LogP contribution >= 0.6 is 0 Å². The van der Waals surface area contributed by atoms with E-state index < -0.39 is 30.5 Å². The molecule has 1 N–H and O–H groups in total. The summed E-state index contributed by atoms with van der Waals surface area (Å²) in [6, 6.07) is 6.37. The number of carbonyl (C=O) groups is 1. The Kier molecular flexibility index (Phi) is 5.39. The van der Waals surface area contributed by atoms with Gasteiger partial charge in [-0.3, -0.25) is 0 Å². The van der Waals surface area contributed by atoms with Crippen LogP contribution in [-0.4, -0.2) is 49.0 Å². The molecule has 0 spiro atoms. The van der Waals surface area contributed by atoms with Crippen LogP contribution in [0.25, 0.3) is 0 Å². The normalized spacial score (nSPS) is 20.8. The number of nitrogens with zero attached hydrogens (tertiary/aromatic N) is 1. The number of anilines is 1. The second kappa shape index (κ2) is 6.98. The number of carbonyl (C=O) groups excluding carboxylic acids is 1. The summed E-state index contributed by atoms with van der Waals surface area (Å²) < 4.78 is 49.0. The van der Waals surface area contributed by atoms with Gasteiger partial charge in [-0.25, -0.2) is 4.79 Å². The number of nitrogens with one attached hydrogen (secondary N) is 1. The standard InChI is InChI=1S/C16H21F3N2O3/c1-15(2)10-21(8-13(24-15)16(17,18)19)14(22)20-12-6-4-5-11(7-12)9-23-3/h4-7,13H,8-10H2,1-3H3,(H,20,22). The van der Waals surface area contributed by atoms with Crippen molar-refractivity contribution in [1.82, 2.24) is 4.90 Å². The summed E-state index contributed by atoms with van der Waals surface area (Å²) >= 11 is 0. The highest BCUT2D eigenvalue weighted by molar-refractivity contribution is 5.89. The number of amides is 2. The van der Waals surface area contributed by atoms with Gasteiger partial charge in [-0.15, -0.1) is 0 Å². The molecule has 8 heteroatoms. The third-order valence-corrected chi connectivity index (χ3v) is 3.56. The topological polar surface area (TPSA) is 50.8 Å². The molecule has 1 aromatic rings. The SMILES string of the molecule is COCc1cccc(NC(=O)N2CC(C(F)(F)F)OC(C)(C)C2)c1. The van der Waals surface area contributed by atoms with E-state index in [1.807, 2.05) is 6.07 Å². The van der Waals surface area contributed by atoms with Crippen molar-refractivity contribution in [2.75, 3.05) is 25.5 Å². The Morgan fingerprint density at radius 2 is 2.17 bits per heavy atom. The minimum Gasteiger partial charge on any atom is -0.380 e. The number of alkyl halides is 3. The maximum Gasteiger partial charge on any atom is 0.416 e. The lowest BCUT2D eigenvalue weighted by Crippen LogP contribution is -2.59. The van der Waals surface area contributed by atoms with Crippen LogP contribution < -0.4 is 5.32 Å². The van der Waals surface area contributed by atoms with Gasteiger partial charge in [-0.1, -0.05) is 12.1 Å². The van der Waals surface area contributed by atoms with Gasteiger partial charge in [0.1, 0.15) is 0 Å². The highest BCUT2D eigenvalue weighted by Crippen LogP contribution is 2.32. The van der Waals surface area contributed by atoms with Crippen molar-refractivity contribution in [3.8, 4) is 0 Å². The van der Waals surface area contributed by atoms with Crippen LogP contribution in [0, 0.1) is 0 Å². The molecule has 1 unspecified atom stereocenters. The number of hydrogen-bond acceptors (Lipinski definition) is 3. The fourth-order valence-corrected chi connectivity index (χ4v) is 2.62. The Bertz CT molecular complexity index is 590. The minimum atomic E-state index is -4.52. The van der Waals surface area contributed by atoms with Crippen molar-refractivity contribution in [1.29, 1.82) is 0 Å². The van der Waals surface area contributed by atoms with Gasteiger partial charge in [-0.2, -0.15) is 13.2 Å². The summed E-state index contributed by atoms with van der Waals surface area (Å²) in [6.45, 7) is 2.99. The zero-order chi connectivity index (χ0) is 18.0. The van der Waals surface area contributed by atoms with Crippen molar-refractivity contribution in [2.45, 2.75) is 38.3 Å². The molecule has 0 aliphatic carbocycles. The van der Waals surface area contributed by atoms with E-state index in [0.29, 0.717) is 12.3 Å². The lowest BCUT2D eigenvalue weighted by Gasteiger charge is -2.43. The molecule has 1 saturated heterocycles. The van der Waals surface area contributed by atoms with Gasteiger partial charge in [0.15, 0.2) is 6.10 Å². The van der Waals surface area contributed by atoms with Crippen LogP contribution in [-0.2, 0) is 16.1 Å². The molecule has 1 aromatic carbocycles. The smallest absolute Gasteiger partial charge is 0.380 e. The minimum absolute atomic E-state index is 0.0726. The zero-order valence-electron chi connectivity index (χ0n) is 13.8. The third kappa shape index (κ3) is 4.85. The lowest BCUT2D eigenvalue weighted by molar-refractivity contribution is -0.267. The molecule has 0 bridgehead atoms. The Balaban J connectivity index is 2.09. The van der Waals surface area contributed by atoms with E-state index in [0.717, 1.165) is 10.5 Å². The van der Waals surface area contributed by atoms with Gasteiger partial charge < -0.3 is 19.7 Å². The Morgan fingerprint density at radius 1 is 1.46 bits per heavy atom. The van der Waals surface area contributed by atoms with Crippen LogP contribution in [0.5, 0.6) is 0 Å². The second-order valence-corrected chi connectivity index (χ2v) is 6.35. The molecule has 0 aromatic heterocycles. The maximum absolute atomic E-state index is 13.0. The quantitative estimate of drug-likeness (QED) is 0.913. The number of halogens is 3. The molecule has 2 rings (SSSR count). The number of rotatable bonds is 3. The van der Waals surface area contributed by atoms with Crippen LogP contribution in [0.4, 0.5) is 23.7 Å². The molecular weight excluding hydrogens is 325 g/mol. The first-order valence-electron chi connectivity index (χ1n) is 7.49. The third-order valence-electron chi connectivity index (χ3n) is 3.56. The summed E-state index contributed by atoms with van der Waals surface area (Å²) in [6.07, 6.45) is -6.51. The molecule has 5 nitrogen and oxygen atoms in total. The Morgan fingerprint density at radius 3 is 2.79 bits per heavy atom. The Hall–Kier alpha value is -1.80. The van der Waals surface area contributed by atoms with Crippen molar-refractivity contribution in [3.63, 3.8) is 0 Å². The largest absolute Gasteiger partial charge is 0.416 e. The summed E-state index contributed by atoms with van der Waals surface area (Å²) in [7, 11) is 1.55. The van der Waals surface area contributed by atoms with Gasteiger partial charge in [0.05, 0.1) is 25.3 Å². The highest BCUT2D eigenvalue weighted by Gasteiger charge is 2.49. The second-order valence-electron chi connectivity index (χ2n) is 6.35. The number of ether oxygens (including phenoxy) is 2. The average Bonchev–Trinajstić information content (AvgIpc) is 2.45. The molecule has 1 aliphatic heterocycles. The molecule has 0 saturated carbocycles. The summed E-state index contributed by atoms with van der Waals surface area (Å²) in [5.41, 5.74) is 0.279. The number of hydrogen-bond donors (Lipinski definition) is 1. The van der Waals surface area contributed by atoms with E-state index in [-0.39, 0.29) is 6.54 Å². The average molecular weight is 346 g/mol. The molecule has 24 heavy (non-hydrogen) atoms. The van der Waals surface area contributed by atoms with Gasteiger partial charge in [-0.05, 0) is 31.5 Å². The molecule has 2 amide bonds. The summed E-state index contributed by atoms with van der Waals surface area (Å²) in [5.74, 6) is 0. The molecular formula is C16H21F3N2O3. The molecule has 1 atom stereocenters. The van der Waals surface area contributed by atoms with Gasteiger partial charge in [0.25, 0.3) is 0 Å². The number of morpholine rings is 1. The van der Waals surface area contributed by atoms with E-state index in [4.69, 9.17) is 9.47 Å². The fraction of sp³-hybridized carbons (Fsp3) is 0.562. The fourth-order valence-electron chi connectivity index (χ4n) is 2.62.